The number of para-hydroxylation sites is 1. The van der Waals surface area contributed by atoms with Gasteiger partial charge in [0.2, 0.25) is 0 Å². The van der Waals surface area contributed by atoms with Gasteiger partial charge in [-0.15, -0.1) is 0 Å². The number of hydrogen-bond acceptors (Lipinski definition) is 2. The summed E-state index contributed by atoms with van der Waals surface area (Å²) < 4.78 is 2.56. The molecule has 0 amide bonds. The summed E-state index contributed by atoms with van der Waals surface area (Å²) in [7, 11) is 0. The quantitative estimate of drug-likeness (QED) is 0.802. The summed E-state index contributed by atoms with van der Waals surface area (Å²) in [4.78, 5) is 4.43. The molecule has 0 spiro atoms. The summed E-state index contributed by atoms with van der Waals surface area (Å²) in [6.45, 7) is 7.37. The van der Waals surface area contributed by atoms with Crippen molar-refractivity contribution in [3.05, 3.63) is 64.6 Å². The molecule has 3 nitrogen and oxygen atoms in total. The van der Waals surface area contributed by atoms with Crippen LogP contribution in [0.3, 0.4) is 0 Å². The van der Waals surface area contributed by atoms with Crippen LogP contribution < -0.4 is 5.32 Å². The SMILES string of the molecule is Cc1ccc(CCn2c3c(c4cccc(C)c42)CNCC3)cn1. The molecule has 0 fully saturated rings. The van der Waals surface area contributed by atoms with Crippen molar-refractivity contribution in [3.63, 3.8) is 0 Å². The first-order valence-corrected chi connectivity index (χ1v) is 8.46. The van der Waals surface area contributed by atoms with Crippen molar-refractivity contribution in [1.29, 1.82) is 0 Å². The molecule has 3 aromatic rings. The molecule has 0 aliphatic carbocycles. The highest BCUT2D eigenvalue weighted by Crippen LogP contribution is 2.31. The third-order valence-electron chi connectivity index (χ3n) is 4.94. The fourth-order valence-corrected chi connectivity index (χ4v) is 3.75. The molecule has 3 heterocycles. The van der Waals surface area contributed by atoms with Crippen molar-refractivity contribution in [3.8, 4) is 0 Å². The van der Waals surface area contributed by atoms with Crippen molar-refractivity contribution in [1.82, 2.24) is 14.9 Å². The van der Waals surface area contributed by atoms with Crippen LogP contribution in [-0.4, -0.2) is 16.1 Å². The number of benzene rings is 1. The Labute approximate surface area is 137 Å². The average Bonchev–Trinajstić information content (AvgIpc) is 2.90. The van der Waals surface area contributed by atoms with Gasteiger partial charge in [0.05, 0.1) is 5.52 Å². The van der Waals surface area contributed by atoms with Gasteiger partial charge >= 0.3 is 0 Å². The fraction of sp³-hybridized carbons (Fsp3) is 0.350. The van der Waals surface area contributed by atoms with E-state index in [-0.39, 0.29) is 0 Å². The first-order valence-electron chi connectivity index (χ1n) is 8.46. The van der Waals surface area contributed by atoms with Crippen LogP contribution in [0, 0.1) is 13.8 Å². The summed E-state index contributed by atoms with van der Waals surface area (Å²) in [5.74, 6) is 0. The summed E-state index contributed by atoms with van der Waals surface area (Å²) in [5.41, 5.74) is 8.21. The molecule has 1 aliphatic rings. The Morgan fingerprint density at radius 2 is 2.09 bits per heavy atom. The van der Waals surface area contributed by atoms with E-state index in [0.29, 0.717) is 0 Å². The topological polar surface area (TPSA) is 29.9 Å². The molecular formula is C20H23N3. The maximum atomic E-state index is 4.43. The highest BCUT2D eigenvalue weighted by molar-refractivity contribution is 5.88. The van der Waals surface area contributed by atoms with E-state index < -0.39 is 0 Å². The van der Waals surface area contributed by atoms with Gasteiger partial charge < -0.3 is 9.88 Å². The number of aryl methyl sites for hydroxylation is 4. The number of aromatic nitrogens is 2. The van der Waals surface area contributed by atoms with Gasteiger partial charge in [0.1, 0.15) is 0 Å². The van der Waals surface area contributed by atoms with Crippen LogP contribution in [0.25, 0.3) is 10.9 Å². The number of pyridine rings is 1. The van der Waals surface area contributed by atoms with Crippen LogP contribution in [0.4, 0.5) is 0 Å². The normalized spacial score (nSPS) is 14.2. The standard InChI is InChI=1S/C20H23N3/c1-14-4-3-5-17-18-13-21-10-8-19(18)23(20(14)17)11-9-16-7-6-15(2)22-12-16/h3-7,12,21H,8-11,13H2,1-2H3. The van der Waals surface area contributed by atoms with Gasteiger partial charge in [0.15, 0.2) is 0 Å². The Hall–Kier alpha value is -2.13. The van der Waals surface area contributed by atoms with E-state index in [9.17, 15) is 0 Å². The van der Waals surface area contributed by atoms with Gasteiger partial charge in [0, 0.05) is 49.0 Å². The second kappa shape index (κ2) is 5.82. The zero-order valence-electron chi connectivity index (χ0n) is 13.9. The first kappa shape index (κ1) is 14.5. The monoisotopic (exact) mass is 305 g/mol. The van der Waals surface area contributed by atoms with Gasteiger partial charge in [-0.05, 0) is 43.0 Å². The lowest BCUT2D eigenvalue weighted by Gasteiger charge is -2.17. The molecule has 0 unspecified atom stereocenters. The maximum Gasteiger partial charge on any atom is 0.0515 e. The van der Waals surface area contributed by atoms with Crippen molar-refractivity contribution in [2.75, 3.05) is 6.54 Å². The number of nitrogens with zero attached hydrogens (tertiary/aromatic N) is 2. The van der Waals surface area contributed by atoms with Crippen LogP contribution in [-0.2, 0) is 25.9 Å². The van der Waals surface area contributed by atoms with Crippen LogP contribution >= 0.6 is 0 Å². The van der Waals surface area contributed by atoms with Gasteiger partial charge in [-0.3, -0.25) is 4.98 Å². The van der Waals surface area contributed by atoms with E-state index in [2.05, 4.69) is 52.1 Å². The van der Waals surface area contributed by atoms with E-state index in [4.69, 9.17) is 0 Å². The Morgan fingerprint density at radius 1 is 1.17 bits per heavy atom. The molecule has 3 heteroatoms. The molecule has 0 saturated heterocycles. The van der Waals surface area contributed by atoms with Crippen LogP contribution in [0.15, 0.2) is 36.5 Å². The third kappa shape index (κ3) is 2.55. The fourth-order valence-electron chi connectivity index (χ4n) is 3.75. The molecule has 0 bridgehead atoms. The summed E-state index contributed by atoms with van der Waals surface area (Å²) in [6, 6.07) is 11.0. The lowest BCUT2D eigenvalue weighted by molar-refractivity contribution is 0.594. The number of hydrogen-bond donors (Lipinski definition) is 1. The zero-order chi connectivity index (χ0) is 15.8. The van der Waals surface area contributed by atoms with Gasteiger partial charge in [0.25, 0.3) is 0 Å². The van der Waals surface area contributed by atoms with Crippen molar-refractivity contribution in [2.45, 2.75) is 39.8 Å². The molecule has 1 aliphatic heterocycles. The number of fused-ring (bicyclic) bond motifs is 3. The van der Waals surface area contributed by atoms with Crippen LogP contribution in [0.1, 0.15) is 28.1 Å². The van der Waals surface area contributed by atoms with E-state index in [1.54, 1.807) is 0 Å². The highest BCUT2D eigenvalue weighted by atomic mass is 15.0. The minimum atomic E-state index is 0.994. The third-order valence-corrected chi connectivity index (χ3v) is 4.94. The predicted molar refractivity (Wildman–Crippen MR) is 94.8 cm³/mol. The zero-order valence-corrected chi connectivity index (χ0v) is 13.9. The van der Waals surface area contributed by atoms with Crippen LogP contribution in [0.2, 0.25) is 0 Å². The van der Waals surface area contributed by atoms with Crippen molar-refractivity contribution in [2.24, 2.45) is 0 Å². The summed E-state index contributed by atoms with van der Waals surface area (Å²) in [6.07, 6.45) is 4.17. The molecule has 1 aromatic carbocycles. The Kier molecular flexibility index (Phi) is 3.66. The lowest BCUT2D eigenvalue weighted by Crippen LogP contribution is -2.24. The number of rotatable bonds is 3. The predicted octanol–water partition coefficient (Wildman–Crippen LogP) is 3.54. The lowest BCUT2D eigenvalue weighted by atomic mass is 10.0. The molecule has 4 rings (SSSR count). The molecule has 0 saturated carbocycles. The second-order valence-corrected chi connectivity index (χ2v) is 6.53. The summed E-state index contributed by atoms with van der Waals surface area (Å²) >= 11 is 0. The maximum absolute atomic E-state index is 4.43. The van der Waals surface area contributed by atoms with E-state index in [0.717, 1.165) is 38.2 Å². The average molecular weight is 305 g/mol. The largest absolute Gasteiger partial charge is 0.344 e. The molecule has 1 N–H and O–H groups in total. The second-order valence-electron chi connectivity index (χ2n) is 6.53. The minimum Gasteiger partial charge on any atom is -0.344 e. The van der Waals surface area contributed by atoms with E-state index in [1.807, 2.05) is 13.1 Å². The van der Waals surface area contributed by atoms with Gasteiger partial charge in [-0.2, -0.15) is 0 Å². The van der Waals surface area contributed by atoms with Crippen LogP contribution in [0.5, 0.6) is 0 Å². The van der Waals surface area contributed by atoms with E-state index >= 15 is 0 Å². The highest BCUT2D eigenvalue weighted by Gasteiger charge is 2.20. The smallest absolute Gasteiger partial charge is 0.0515 e. The Morgan fingerprint density at radius 3 is 2.91 bits per heavy atom. The molecule has 23 heavy (non-hydrogen) atoms. The van der Waals surface area contributed by atoms with Crippen molar-refractivity contribution < 1.29 is 0 Å². The first-order chi connectivity index (χ1) is 11.2. The minimum absolute atomic E-state index is 0.994. The van der Waals surface area contributed by atoms with Gasteiger partial charge in [-0.25, -0.2) is 0 Å². The Bertz CT molecular complexity index is 843. The van der Waals surface area contributed by atoms with E-state index in [1.165, 1.54) is 33.3 Å². The molecule has 118 valence electrons. The van der Waals surface area contributed by atoms with Gasteiger partial charge in [-0.1, -0.05) is 24.3 Å². The van der Waals surface area contributed by atoms with Crippen molar-refractivity contribution >= 4 is 10.9 Å². The summed E-state index contributed by atoms with van der Waals surface area (Å²) in [5, 5.41) is 4.95. The number of nitrogens with one attached hydrogen (secondary N) is 1. The molecule has 0 radical (unpaired) electrons. The Balaban J connectivity index is 1.75. The molecule has 0 atom stereocenters. The molecular weight excluding hydrogens is 282 g/mol. The molecule has 2 aromatic heterocycles.